The summed E-state index contributed by atoms with van der Waals surface area (Å²) in [5.74, 6) is 1.46. The Morgan fingerprint density at radius 1 is 1.19 bits per heavy atom. The van der Waals surface area contributed by atoms with Crippen LogP contribution in [0.4, 0.5) is 5.69 Å². The number of allylic oxidation sites excluding steroid dienone is 2. The molecule has 4 nitrogen and oxygen atoms in total. The van der Waals surface area contributed by atoms with E-state index in [4.69, 9.17) is 11.6 Å². The quantitative estimate of drug-likeness (QED) is 0.683. The van der Waals surface area contributed by atoms with Gasteiger partial charge in [0.15, 0.2) is 9.84 Å². The summed E-state index contributed by atoms with van der Waals surface area (Å²) < 4.78 is 24.1. The Hall–Kier alpha value is -1.04. The first kappa shape index (κ1) is 20.7. The third-order valence-corrected chi connectivity index (χ3v) is 7.56. The lowest BCUT2D eigenvalue weighted by Crippen LogP contribution is -2.48. The first-order valence-corrected chi connectivity index (χ1v) is 12.2. The molecule has 3 rings (SSSR count). The third kappa shape index (κ3) is 4.87. The molecule has 1 heterocycles. The van der Waals surface area contributed by atoms with Crippen LogP contribution < -0.4 is 4.90 Å². The van der Waals surface area contributed by atoms with E-state index < -0.39 is 9.84 Å². The molecule has 6 heteroatoms. The Morgan fingerprint density at radius 2 is 1.89 bits per heavy atom. The Morgan fingerprint density at radius 3 is 2.52 bits per heavy atom. The van der Waals surface area contributed by atoms with Gasteiger partial charge in [-0.05, 0) is 55.7 Å². The lowest BCUT2D eigenvalue weighted by molar-refractivity contribution is 0.183. The normalized spacial score (nSPS) is 24.4. The summed E-state index contributed by atoms with van der Waals surface area (Å²) in [7, 11) is -3.25. The number of sulfone groups is 1. The zero-order chi connectivity index (χ0) is 19.6. The minimum absolute atomic E-state index is 0.379. The second-order valence-electron chi connectivity index (χ2n) is 7.97. The fourth-order valence-corrected chi connectivity index (χ4v) is 5.74. The summed E-state index contributed by atoms with van der Waals surface area (Å²) >= 11 is 6.46. The van der Waals surface area contributed by atoms with E-state index >= 15 is 0 Å². The van der Waals surface area contributed by atoms with Crippen LogP contribution in [-0.4, -0.2) is 52.3 Å². The zero-order valence-electron chi connectivity index (χ0n) is 16.6. The van der Waals surface area contributed by atoms with E-state index in [1.54, 1.807) is 19.1 Å². The fourth-order valence-electron chi connectivity index (χ4n) is 4.44. The van der Waals surface area contributed by atoms with Gasteiger partial charge in [0.25, 0.3) is 0 Å². The van der Waals surface area contributed by atoms with Crippen LogP contribution >= 0.6 is 11.6 Å². The number of aryl methyl sites for hydroxylation is 1. The minimum atomic E-state index is -3.25. The van der Waals surface area contributed by atoms with Gasteiger partial charge in [-0.15, -0.1) is 0 Å². The molecule has 1 aliphatic heterocycles. The van der Waals surface area contributed by atoms with Crippen LogP contribution in [0.15, 0.2) is 29.2 Å². The van der Waals surface area contributed by atoms with Crippen molar-refractivity contribution >= 4 is 27.1 Å². The summed E-state index contributed by atoms with van der Waals surface area (Å²) in [6.45, 7) is 8.99. The van der Waals surface area contributed by atoms with Crippen LogP contribution in [0.3, 0.4) is 0 Å². The first-order valence-electron chi connectivity index (χ1n) is 9.93. The molecule has 1 aromatic carbocycles. The minimum Gasteiger partial charge on any atom is -0.368 e. The molecule has 0 saturated carbocycles. The van der Waals surface area contributed by atoms with Gasteiger partial charge in [-0.1, -0.05) is 30.7 Å². The van der Waals surface area contributed by atoms with Crippen molar-refractivity contribution in [3.8, 4) is 0 Å². The molecule has 0 radical (unpaired) electrons. The summed E-state index contributed by atoms with van der Waals surface area (Å²) in [4.78, 5) is 5.16. The molecule has 1 aromatic rings. The van der Waals surface area contributed by atoms with Crippen molar-refractivity contribution in [3.05, 3.63) is 34.9 Å². The smallest absolute Gasteiger partial charge is 0.175 e. The molecule has 0 N–H and O–H groups in total. The predicted octanol–water partition coefficient (Wildman–Crippen LogP) is 4.17. The number of piperazine rings is 1. The van der Waals surface area contributed by atoms with Crippen molar-refractivity contribution in [2.24, 2.45) is 11.8 Å². The average Bonchev–Trinajstić information content (AvgIpc) is 2.62. The molecule has 0 bridgehead atoms. The number of nitrogens with zero attached hydrogens (tertiary/aromatic N) is 2. The van der Waals surface area contributed by atoms with Gasteiger partial charge in [-0.3, -0.25) is 4.90 Å². The van der Waals surface area contributed by atoms with Gasteiger partial charge in [-0.25, -0.2) is 8.42 Å². The fraction of sp³-hybridized carbons (Fsp3) is 0.619. The van der Waals surface area contributed by atoms with Crippen LogP contribution in [0.25, 0.3) is 0 Å². The highest BCUT2D eigenvalue weighted by Gasteiger charge is 2.26. The van der Waals surface area contributed by atoms with Gasteiger partial charge >= 0.3 is 0 Å². The van der Waals surface area contributed by atoms with Crippen LogP contribution in [-0.2, 0) is 9.84 Å². The summed E-state index contributed by atoms with van der Waals surface area (Å²) in [5.41, 5.74) is 1.55. The lowest BCUT2D eigenvalue weighted by Gasteiger charge is -2.39. The number of hydrogen-bond acceptors (Lipinski definition) is 4. The average molecular weight is 411 g/mol. The van der Waals surface area contributed by atoms with E-state index in [1.165, 1.54) is 25.5 Å². The SMILES string of the molecule is CC[C@@H]1C=CCC[C@H]1CN1CCN(c2cc(S(C)(=O)=O)c(C)cc2Cl)CC1. The van der Waals surface area contributed by atoms with Gasteiger partial charge in [0.2, 0.25) is 0 Å². The lowest BCUT2D eigenvalue weighted by atomic mass is 9.82. The van der Waals surface area contributed by atoms with Gasteiger partial charge in [-0.2, -0.15) is 0 Å². The maximum Gasteiger partial charge on any atom is 0.175 e. The first-order chi connectivity index (χ1) is 12.8. The molecule has 27 heavy (non-hydrogen) atoms. The Bertz CT molecular complexity index is 799. The molecule has 2 aliphatic rings. The highest BCUT2D eigenvalue weighted by Crippen LogP contribution is 2.33. The highest BCUT2D eigenvalue weighted by molar-refractivity contribution is 7.90. The Labute approximate surface area is 169 Å². The topological polar surface area (TPSA) is 40.6 Å². The van der Waals surface area contributed by atoms with Gasteiger partial charge in [0.1, 0.15) is 0 Å². The Balaban J connectivity index is 1.66. The molecular formula is C21H31ClN2O2S. The van der Waals surface area contributed by atoms with Crippen molar-refractivity contribution in [1.29, 1.82) is 0 Å². The van der Waals surface area contributed by atoms with E-state index in [0.29, 0.717) is 21.4 Å². The van der Waals surface area contributed by atoms with E-state index in [9.17, 15) is 8.42 Å². The number of benzene rings is 1. The van der Waals surface area contributed by atoms with E-state index in [0.717, 1.165) is 44.3 Å². The molecule has 1 saturated heterocycles. The molecule has 2 atom stereocenters. The van der Waals surface area contributed by atoms with Crippen LogP contribution in [0.1, 0.15) is 31.7 Å². The predicted molar refractivity (Wildman–Crippen MR) is 114 cm³/mol. The standard InChI is InChI=1S/C21H31ClN2O2S/c1-4-17-7-5-6-8-18(17)15-23-9-11-24(12-10-23)20-14-21(27(3,25)26)16(2)13-19(20)22/h5,7,13-14,17-18H,4,6,8-12,15H2,1-3H3/t17-,18+/m1/s1. The molecule has 0 unspecified atom stereocenters. The monoisotopic (exact) mass is 410 g/mol. The maximum absolute atomic E-state index is 12.1. The van der Waals surface area contributed by atoms with Crippen molar-refractivity contribution in [1.82, 2.24) is 4.90 Å². The highest BCUT2D eigenvalue weighted by atomic mass is 35.5. The second-order valence-corrected chi connectivity index (χ2v) is 10.4. The van der Waals surface area contributed by atoms with Crippen molar-refractivity contribution < 1.29 is 8.42 Å². The van der Waals surface area contributed by atoms with Crippen LogP contribution in [0, 0.1) is 18.8 Å². The van der Waals surface area contributed by atoms with Gasteiger partial charge in [0, 0.05) is 39.0 Å². The van der Waals surface area contributed by atoms with Gasteiger partial charge < -0.3 is 4.90 Å². The molecule has 1 aliphatic carbocycles. The molecule has 1 fully saturated rings. The maximum atomic E-state index is 12.1. The molecule has 0 amide bonds. The molecule has 150 valence electrons. The molecule has 0 aromatic heterocycles. The second kappa shape index (κ2) is 8.54. The largest absolute Gasteiger partial charge is 0.368 e. The van der Waals surface area contributed by atoms with E-state index in [-0.39, 0.29) is 0 Å². The summed E-state index contributed by atoms with van der Waals surface area (Å²) in [5, 5.41) is 0.636. The molecule has 0 spiro atoms. The number of halogens is 1. The van der Waals surface area contributed by atoms with E-state index in [2.05, 4.69) is 28.9 Å². The van der Waals surface area contributed by atoms with E-state index in [1.807, 2.05) is 0 Å². The number of hydrogen-bond donors (Lipinski definition) is 0. The van der Waals surface area contributed by atoms with Crippen molar-refractivity contribution in [2.45, 2.75) is 38.0 Å². The third-order valence-electron chi connectivity index (χ3n) is 6.01. The van der Waals surface area contributed by atoms with Crippen LogP contribution in [0.2, 0.25) is 5.02 Å². The zero-order valence-corrected chi connectivity index (χ0v) is 18.2. The summed E-state index contributed by atoms with van der Waals surface area (Å²) in [6.07, 6.45) is 9.71. The van der Waals surface area contributed by atoms with Gasteiger partial charge in [0.05, 0.1) is 15.6 Å². The van der Waals surface area contributed by atoms with Crippen molar-refractivity contribution in [3.63, 3.8) is 0 Å². The number of anilines is 1. The molecular weight excluding hydrogens is 380 g/mol. The number of rotatable bonds is 5. The van der Waals surface area contributed by atoms with Crippen molar-refractivity contribution in [2.75, 3.05) is 43.9 Å². The summed E-state index contributed by atoms with van der Waals surface area (Å²) in [6, 6.07) is 3.53. The Kier molecular flexibility index (Phi) is 6.54. The van der Waals surface area contributed by atoms with Crippen LogP contribution in [0.5, 0.6) is 0 Å².